The van der Waals surface area contributed by atoms with E-state index in [0.717, 1.165) is 31.2 Å². The molecule has 0 N–H and O–H groups in total. The molecule has 1 radical (unpaired) electrons. The molecule has 0 heterocycles. The van der Waals surface area contributed by atoms with Crippen LogP contribution in [0.15, 0.2) is 30.3 Å². The highest BCUT2D eigenvalue weighted by molar-refractivity contribution is 5.59. The summed E-state index contributed by atoms with van der Waals surface area (Å²) in [4.78, 5) is 25.8. The van der Waals surface area contributed by atoms with Crippen LogP contribution in [-0.4, -0.2) is 35.7 Å². The number of hydrogen-bond donors (Lipinski definition) is 0. The summed E-state index contributed by atoms with van der Waals surface area (Å²) in [6.45, 7) is 5.21. The number of carbonyl (C=O) groups is 2. The summed E-state index contributed by atoms with van der Waals surface area (Å²) in [5, 5.41) is 0. The third kappa shape index (κ3) is 4.09. The van der Waals surface area contributed by atoms with Crippen LogP contribution in [0.1, 0.15) is 32.3 Å². The number of carbonyl (C=O) groups excluding carboxylic acids is 2. The molecule has 0 saturated heterocycles. The van der Waals surface area contributed by atoms with Gasteiger partial charge in [0.15, 0.2) is 6.17 Å². The lowest BCUT2D eigenvalue weighted by Crippen LogP contribution is -2.42. The second kappa shape index (κ2) is 8.29. The van der Waals surface area contributed by atoms with Gasteiger partial charge in [0.2, 0.25) is 12.8 Å². The quantitative estimate of drug-likeness (QED) is 0.640. The monoisotopic (exact) mass is 261 g/mol. The SMILES string of the molecule is CCCN(C=O)[C](c1ccccc1)N(C=O)CCC. The maximum atomic E-state index is 11.3. The first-order valence-electron chi connectivity index (χ1n) is 6.64. The van der Waals surface area contributed by atoms with E-state index in [1.807, 2.05) is 44.2 Å². The predicted molar refractivity (Wildman–Crippen MR) is 74.9 cm³/mol. The molecule has 0 aliphatic heterocycles. The van der Waals surface area contributed by atoms with Crippen molar-refractivity contribution in [3.05, 3.63) is 42.1 Å². The Morgan fingerprint density at radius 1 is 0.947 bits per heavy atom. The van der Waals surface area contributed by atoms with Gasteiger partial charge in [-0.05, 0) is 12.8 Å². The first kappa shape index (κ1) is 15.2. The molecular formula is C15H21N2O2. The van der Waals surface area contributed by atoms with Gasteiger partial charge < -0.3 is 9.80 Å². The fourth-order valence-corrected chi connectivity index (χ4v) is 1.98. The number of hydrogen-bond acceptors (Lipinski definition) is 2. The van der Waals surface area contributed by atoms with Crippen LogP contribution in [0.2, 0.25) is 0 Å². The zero-order valence-electron chi connectivity index (χ0n) is 11.6. The predicted octanol–water partition coefficient (Wildman–Crippen LogP) is 2.26. The zero-order chi connectivity index (χ0) is 14.1. The van der Waals surface area contributed by atoms with Gasteiger partial charge in [0.25, 0.3) is 0 Å². The summed E-state index contributed by atoms with van der Waals surface area (Å²) in [5.41, 5.74) is 0.878. The summed E-state index contributed by atoms with van der Waals surface area (Å²) in [7, 11) is 0. The van der Waals surface area contributed by atoms with Crippen LogP contribution < -0.4 is 0 Å². The van der Waals surface area contributed by atoms with Gasteiger partial charge >= 0.3 is 0 Å². The first-order chi connectivity index (χ1) is 9.28. The van der Waals surface area contributed by atoms with Crippen LogP contribution in [0, 0.1) is 6.17 Å². The van der Waals surface area contributed by atoms with Crippen molar-refractivity contribution in [2.24, 2.45) is 0 Å². The number of benzene rings is 1. The Bertz CT molecular complexity index is 363. The van der Waals surface area contributed by atoms with Crippen molar-refractivity contribution >= 4 is 12.8 Å². The van der Waals surface area contributed by atoms with Crippen LogP contribution in [0.25, 0.3) is 0 Å². The lowest BCUT2D eigenvalue weighted by molar-refractivity contribution is -0.123. The molecular weight excluding hydrogens is 240 g/mol. The van der Waals surface area contributed by atoms with Crippen LogP contribution in [0.5, 0.6) is 0 Å². The van der Waals surface area contributed by atoms with Gasteiger partial charge in [-0.3, -0.25) is 9.59 Å². The molecule has 4 heteroatoms. The maximum absolute atomic E-state index is 11.3. The maximum Gasteiger partial charge on any atom is 0.211 e. The van der Waals surface area contributed by atoms with Gasteiger partial charge in [-0.25, -0.2) is 0 Å². The number of amides is 2. The van der Waals surface area contributed by atoms with Crippen LogP contribution in [0.4, 0.5) is 0 Å². The van der Waals surface area contributed by atoms with E-state index in [1.54, 1.807) is 9.80 Å². The highest BCUT2D eigenvalue weighted by Crippen LogP contribution is 2.22. The van der Waals surface area contributed by atoms with Crippen molar-refractivity contribution in [3.63, 3.8) is 0 Å². The minimum absolute atomic E-state index is 0.599. The number of rotatable bonds is 9. The fourth-order valence-electron chi connectivity index (χ4n) is 1.98. The van der Waals surface area contributed by atoms with Gasteiger partial charge in [-0.15, -0.1) is 0 Å². The van der Waals surface area contributed by atoms with Crippen molar-refractivity contribution in [3.8, 4) is 0 Å². The third-order valence-corrected chi connectivity index (χ3v) is 2.76. The van der Waals surface area contributed by atoms with E-state index in [4.69, 9.17) is 0 Å². The molecule has 0 aliphatic carbocycles. The summed E-state index contributed by atoms with van der Waals surface area (Å²) < 4.78 is 0. The molecule has 0 saturated carbocycles. The van der Waals surface area contributed by atoms with Crippen molar-refractivity contribution in [2.75, 3.05) is 13.1 Å². The van der Waals surface area contributed by atoms with Gasteiger partial charge in [-0.2, -0.15) is 0 Å². The van der Waals surface area contributed by atoms with Crippen LogP contribution in [0.3, 0.4) is 0 Å². The molecule has 103 valence electrons. The molecule has 0 unspecified atom stereocenters. The van der Waals surface area contributed by atoms with E-state index >= 15 is 0 Å². The van der Waals surface area contributed by atoms with Crippen molar-refractivity contribution in [1.29, 1.82) is 0 Å². The molecule has 1 aromatic carbocycles. The van der Waals surface area contributed by atoms with Crippen molar-refractivity contribution in [2.45, 2.75) is 26.7 Å². The Kier molecular flexibility index (Phi) is 6.64. The van der Waals surface area contributed by atoms with Gasteiger partial charge in [0, 0.05) is 18.7 Å². The summed E-state index contributed by atoms with van der Waals surface area (Å²) in [6.07, 6.45) is 3.92. The second-order valence-corrected chi connectivity index (χ2v) is 4.29. The van der Waals surface area contributed by atoms with E-state index in [1.165, 1.54) is 0 Å². The molecule has 1 aromatic rings. The molecule has 2 amide bonds. The molecule has 19 heavy (non-hydrogen) atoms. The molecule has 0 aromatic heterocycles. The van der Waals surface area contributed by atoms with E-state index < -0.39 is 0 Å². The van der Waals surface area contributed by atoms with E-state index in [9.17, 15) is 9.59 Å². The lowest BCUT2D eigenvalue weighted by Gasteiger charge is -2.34. The van der Waals surface area contributed by atoms with E-state index in [0.29, 0.717) is 19.3 Å². The molecule has 0 spiro atoms. The molecule has 0 atom stereocenters. The Balaban J connectivity index is 3.08. The average molecular weight is 261 g/mol. The van der Waals surface area contributed by atoms with E-state index in [-0.39, 0.29) is 0 Å². The fraction of sp³-hybridized carbons (Fsp3) is 0.400. The van der Waals surface area contributed by atoms with Crippen LogP contribution >= 0.6 is 0 Å². The molecule has 1 rings (SSSR count). The molecule has 4 nitrogen and oxygen atoms in total. The highest BCUT2D eigenvalue weighted by atomic mass is 16.1. The minimum Gasteiger partial charge on any atom is -0.314 e. The van der Waals surface area contributed by atoms with Gasteiger partial charge in [0.1, 0.15) is 0 Å². The largest absolute Gasteiger partial charge is 0.314 e. The standard InChI is InChI=1S/C15H21N2O2/c1-3-10-16(12-18)15(17(13-19)11-4-2)14-8-6-5-7-9-14/h5-9,12-13H,3-4,10-11H2,1-2H3. The normalized spacial score (nSPS) is 10.3. The molecule has 0 aliphatic rings. The Hall–Kier alpha value is -1.84. The zero-order valence-corrected chi connectivity index (χ0v) is 11.6. The average Bonchev–Trinajstić information content (AvgIpc) is 2.46. The molecule has 0 fully saturated rings. The van der Waals surface area contributed by atoms with Gasteiger partial charge in [-0.1, -0.05) is 44.2 Å². The summed E-state index contributed by atoms with van der Waals surface area (Å²) in [6, 6.07) is 9.54. The van der Waals surface area contributed by atoms with Crippen molar-refractivity contribution < 1.29 is 9.59 Å². The summed E-state index contributed by atoms with van der Waals surface area (Å²) >= 11 is 0. The Morgan fingerprint density at radius 3 is 1.79 bits per heavy atom. The van der Waals surface area contributed by atoms with Crippen LogP contribution in [-0.2, 0) is 9.59 Å². The Morgan fingerprint density at radius 2 is 1.42 bits per heavy atom. The third-order valence-electron chi connectivity index (χ3n) is 2.76. The van der Waals surface area contributed by atoms with Crippen molar-refractivity contribution in [1.82, 2.24) is 9.80 Å². The topological polar surface area (TPSA) is 40.6 Å². The first-order valence-corrected chi connectivity index (χ1v) is 6.64. The Labute approximate surface area is 115 Å². The van der Waals surface area contributed by atoms with Gasteiger partial charge in [0.05, 0.1) is 0 Å². The second-order valence-electron chi connectivity index (χ2n) is 4.29. The molecule has 0 bridgehead atoms. The highest BCUT2D eigenvalue weighted by Gasteiger charge is 2.25. The minimum atomic E-state index is 0.599. The summed E-state index contributed by atoms with van der Waals surface area (Å²) in [5.74, 6) is 0. The van der Waals surface area contributed by atoms with E-state index in [2.05, 4.69) is 0 Å². The number of nitrogens with zero attached hydrogens (tertiary/aromatic N) is 2. The lowest BCUT2D eigenvalue weighted by atomic mass is 10.1. The smallest absolute Gasteiger partial charge is 0.211 e.